The van der Waals surface area contributed by atoms with Crippen molar-refractivity contribution >= 4 is 55.8 Å². The zero-order chi connectivity index (χ0) is 24.8. The number of amides is 4. The minimum absolute atomic E-state index is 0.452. The maximum absolute atomic E-state index is 11.8. The van der Waals surface area contributed by atoms with Crippen molar-refractivity contribution in [3.63, 3.8) is 0 Å². The summed E-state index contributed by atoms with van der Waals surface area (Å²) < 4.78 is 61.7. The number of hydrogen-bond donors (Lipinski definition) is 4. The maximum atomic E-state index is 11.8. The summed E-state index contributed by atoms with van der Waals surface area (Å²) in [6, 6.07) is 0. The molecule has 0 aliphatic carbocycles. The summed E-state index contributed by atoms with van der Waals surface area (Å²) in [5, 5.41) is 13.8. The Hall–Kier alpha value is -3.04. The molecule has 0 bridgehead atoms. The molecule has 0 aromatic carbocycles. The highest BCUT2D eigenvalue weighted by molar-refractivity contribution is 7.87. The van der Waals surface area contributed by atoms with Gasteiger partial charge in [0.1, 0.15) is 0 Å². The Balaban J connectivity index is 2.05. The number of rotatable bonds is 7. The fourth-order valence-corrected chi connectivity index (χ4v) is 3.78. The van der Waals surface area contributed by atoms with E-state index in [0.29, 0.717) is 0 Å². The average Bonchev–Trinajstić information content (AvgIpc) is 3.11. The van der Waals surface area contributed by atoms with Crippen molar-refractivity contribution in [1.29, 1.82) is 0 Å². The second-order valence-electron chi connectivity index (χ2n) is 6.18. The molecule has 18 nitrogen and oxygen atoms in total. The highest BCUT2D eigenvalue weighted by Crippen LogP contribution is 2.22. The first-order valence-corrected chi connectivity index (χ1v) is 10.9. The fraction of sp³-hybridized carbons (Fsp3) is 0.500. The van der Waals surface area contributed by atoms with E-state index in [-0.39, 0.29) is 0 Å². The predicted molar refractivity (Wildman–Crippen MR) is 87.8 cm³/mol. The van der Waals surface area contributed by atoms with Gasteiger partial charge in [-0.2, -0.15) is 16.8 Å². The lowest BCUT2D eigenvalue weighted by molar-refractivity contribution is -0.216. The third-order valence-corrected chi connectivity index (χ3v) is 6.16. The van der Waals surface area contributed by atoms with Crippen molar-refractivity contribution in [3.05, 3.63) is 0 Å². The van der Waals surface area contributed by atoms with Gasteiger partial charge >= 0.3 is 11.9 Å². The number of carbonyl (C=O) groups excluding carboxylic acids is 6. The molecule has 32 heavy (non-hydrogen) atoms. The normalized spacial score (nSPS) is 24.0. The summed E-state index contributed by atoms with van der Waals surface area (Å²) in [7, 11) is -10.1. The van der Waals surface area contributed by atoms with Crippen molar-refractivity contribution in [2.24, 2.45) is 0 Å². The third-order valence-electron chi connectivity index (χ3n) is 3.99. The molecule has 2 saturated heterocycles. The van der Waals surface area contributed by atoms with Crippen molar-refractivity contribution in [3.8, 4) is 0 Å². The summed E-state index contributed by atoms with van der Waals surface area (Å²) in [6.45, 7) is 0. The van der Waals surface area contributed by atoms with Crippen molar-refractivity contribution < 1.29 is 74.6 Å². The summed E-state index contributed by atoms with van der Waals surface area (Å²) in [5.74, 6) is -10.5. The van der Waals surface area contributed by atoms with Gasteiger partial charge in [0.05, 0.1) is 12.8 Å². The first-order valence-electron chi connectivity index (χ1n) is 7.92. The molecule has 0 radical (unpaired) electrons. The van der Waals surface area contributed by atoms with Gasteiger partial charge < -0.3 is 19.9 Å². The van der Waals surface area contributed by atoms with E-state index < -0.39 is 101 Å². The van der Waals surface area contributed by atoms with Crippen molar-refractivity contribution in [2.45, 2.75) is 35.5 Å². The van der Waals surface area contributed by atoms with E-state index in [1.54, 1.807) is 0 Å². The van der Waals surface area contributed by atoms with Crippen LogP contribution < -0.4 is 0 Å². The molecule has 2 fully saturated rings. The molecule has 178 valence electrons. The summed E-state index contributed by atoms with van der Waals surface area (Å²) in [5.41, 5.74) is 0. The largest absolute Gasteiger partial charge is 0.379 e. The third kappa shape index (κ3) is 4.89. The molecule has 0 aromatic heterocycles. The molecule has 0 spiro atoms. The Morgan fingerprint density at radius 2 is 1.03 bits per heavy atom. The van der Waals surface area contributed by atoms with Crippen molar-refractivity contribution in [2.75, 3.05) is 0 Å². The Morgan fingerprint density at radius 1 is 0.750 bits per heavy atom. The molecule has 0 aromatic rings. The van der Waals surface area contributed by atoms with Gasteiger partial charge in [0.2, 0.25) is 0 Å². The Bertz CT molecular complexity index is 1020. The first kappa shape index (κ1) is 25.2. The van der Waals surface area contributed by atoms with E-state index in [1.165, 1.54) is 0 Å². The van der Waals surface area contributed by atoms with Crippen LogP contribution in [0.4, 0.5) is 0 Å². The van der Waals surface area contributed by atoms with Crippen LogP contribution in [0.2, 0.25) is 0 Å². The summed E-state index contributed by atoms with van der Waals surface area (Å²) in [4.78, 5) is 78.4. The second-order valence-corrected chi connectivity index (χ2v) is 9.38. The van der Waals surface area contributed by atoms with Gasteiger partial charge in [0.15, 0.2) is 22.7 Å². The van der Waals surface area contributed by atoms with Gasteiger partial charge in [0, 0.05) is 0 Å². The highest BCUT2D eigenvalue weighted by Gasteiger charge is 2.51. The van der Waals surface area contributed by atoms with E-state index in [9.17, 15) is 55.8 Å². The Kier molecular flexibility index (Phi) is 6.68. The van der Waals surface area contributed by atoms with Crippen LogP contribution in [0, 0.1) is 0 Å². The topological polar surface area (TPSA) is 277 Å². The van der Waals surface area contributed by atoms with E-state index in [1.807, 2.05) is 0 Å². The quantitative estimate of drug-likeness (QED) is 0.186. The molecule has 2 heterocycles. The molecule has 4 atom stereocenters. The number of hydrogen-bond acceptors (Lipinski definition) is 14. The number of nitrogens with zero attached hydrogens (tertiary/aromatic N) is 2. The number of imide groups is 2. The zero-order valence-corrected chi connectivity index (χ0v) is 16.8. The van der Waals surface area contributed by atoms with Crippen molar-refractivity contribution in [1.82, 2.24) is 10.1 Å². The molecule has 2 rings (SSSR count). The molecule has 0 unspecified atom stereocenters. The van der Waals surface area contributed by atoms with Gasteiger partial charge in [-0.05, 0) is 0 Å². The second kappa shape index (κ2) is 8.48. The SMILES string of the molecule is O=C(ON1C(=O)C[C@@H](S(=O)(=O)O)C1=O)[C@@H](O)[C@@H](O)C(=O)ON1C(=O)C[C@H](S(=O)(=O)O)C1=O. The van der Waals surface area contributed by atoms with Crippen LogP contribution in [0.5, 0.6) is 0 Å². The van der Waals surface area contributed by atoms with Crippen LogP contribution in [0.15, 0.2) is 0 Å². The molecule has 20 heteroatoms. The van der Waals surface area contributed by atoms with Gasteiger partial charge in [-0.3, -0.25) is 28.3 Å². The van der Waals surface area contributed by atoms with E-state index in [2.05, 4.69) is 9.68 Å². The lowest BCUT2D eigenvalue weighted by atomic mass is 10.2. The van der Waals surface area contributed by atoms with E-state index in [4.69, 9.17) is 9.11 Å². The molecule has 0 saturated carbocycles. The minimum Gasteiger partial charge on any atom is -0.379 e. The predicted octanol–water partition coefficient (Wildman–Crippen LogP) is -5.34. The number of hydroxylamine groups is 4. The maximum Gasteiger partial charge on any atom is 0.364 e. The number of aliphatic hydroxyl groups excluding tert-OH is 2. The minimum atomic E-state index is -5.06. The smallest absolute Gasteiger partial charge is 0.364 e. The van der Waals surface area contributed by atoms with E-state index >= 15 is 0 Å². The van der Waals surface area contributed by atoms with Crippen LogP contribution in [0.1, 0.15) is 12.8 Å². The van der Waals surface area contributed by atoms with Crippen LogP contribution in [0.25, 0.3) is 0 Å². The van der Waals surface area contributed by atoms with E-state index in [0.717, 1.165) is 0 Å². The summed E-state index contributed by atoms with van der Waals surface area (Å²) >= 11 is 0. The molecular weight excluding hydrogens is 492 g/mol. The van der Waals surface area contributed by atoms with Crippen LogP contribution in [-0.4, -0.2) is 105 Å². The standard InChI is InChI=1S/C12H12N2O16S2/c15-5-1-3(31(23,24)25)9(19)13(5)29-11(21)7(17)8(18)12(22)30-14-6(16)2-4(10(14)20)32(26,27)28/h3-4,7-8,17-18H,1-2H2,(H,23,24,25)(H,26,27,28)/t3-,4+,7+,8-. The van der Waals surface area contributed by atoms with Gasteiger partial charge in [0.25, 0.3) is 43.9 Å². The summed E-state index contributed by atoms with van der Waals surface area (Å²) in [6.07, 6.45) is -8.12. The van der Waals surface area contributed by atoms with Gasteiger partial charge in [-0.25, -0.2) is 9.59 Å². The molecule has 2 aliphatic rings. The Labute approximate surface area is 176 Å². The lowest BCUT2D eigenvalue weighted by Crippen LogP contribution is -2.48. The monoisotopic (exact) mass is 504 g/mol. The van der Waals surface area contributed by atoms with Gasteiger partial charge in [-0.15, -0.1) is 10.1 Å². The number of aliphatic hydroxyl groups is 2. The molecule has 2 aliphatic heterocycles. The highest BCUT2D eigenvalue weighted by atomic mass is 32.2. The fourth-order valence-electron chi connectivity index (χ4n) is 2.37. The van der Waals surface area contributed by atoms with Crippen LogP contribution in [-0.2, 0) is 58.7 Å². The Morgan fingerprint density at radius 3 is 1.25 bits per heavy atom. The van der Waals surface area contributed by atoms with Crippen LogP contribution >= 0.6 is 0 Å². The molecule has 4 N–H and O–H groups in total. The zero-order valence-electron chi connectivity index (χ0n) is 15.1. The molecule has 4 amide bonds. The molecular formula is C12H12N2O16S2. The first-order chi connectivity index (χ1) is 14.5. The lowest BCUT2D eigenvalue weighted by Gasteiger charge is -2.20. The van der Waals surface area contributed by atoms with Crippen LogP contribution in [0.3, 0.4) is 0 Å². The number of carbonyl (C=O) groups is 6. The average molecular weight is 504 g/mol. The van der Waals surface area contributed by atoms with Gasteiger partial charge in [-0.1, -0.05) is 0 Å².